The number of hydrogen-bond acceptors (Lipinski definition) is 2. The van der Waals surface area contributed by atoms with Gasteiger partial charge >= 0.3 is 0 Å². The van der Waals surface area contributed by atoms with Gasteiger partial charge in [0.25, 0.3) is 5.56 Å². The molecule has 0 radical (unpaired) electrons. The van der Waals surface area contributed by atoms with E-state index in [0.717, 1.165) is 16.9 Å². The van der Waals surface area contributed by atoms with E-state index in [4.69, 9.17) is 17.3 Å². The second-order valence-electron chi connectivity index (χ2n) is 4.02. The fourth-order valence-corrected chi connectivity index (χ4v) is 2.00. The first-order valence-electron chi connectivity index (χ1n) is 5.24. The molecule has 5 heteroatoms. The fourth-order valence-electron chi connectivity index (χ4n) is 1.83. The molecule has 0 bridgehead atoms. The third kappa shape index (κ3) is 1.65. The summed E-state index contributed by atoms with van der Waals surface area (Å²) in [5, 5.41) is 0.631. The summed E-state index contributed by atoms with van der Waals surface area (Å²) in [6.07, 6.45) is 0. The Balaban J connectivity index is 2.83. The zero-order valence-electron chi connectivity index (χ0n) is 9.99. The molecule has 1 aromatic carbocycles. The Hall–Kier alpha value is -1.68. The SMILES string of the molecule is Cc1c(Cl)cccc1-n1c(=O)c(N)c(C)n1C. The Labute approximate surface area is 104 Å². The molecular formula is C12H14ClN3O. The van der Waals surface area contributed by atoms with Crippen molar-refractivity contribution in [1.29, 1.82) is 0 Å². The molecule has 0 atom stereocenters. The van der Waals surface area contributed by atoms with Crippen LogP contribution in [0.3, 0.4) is 0 Å². The minimum absolute atomic E-state index is 0.213. The van der Waals surface area contributed by atoms with Gasteiger partial charge in [0, 0.05) is 12.1 Å². The maximum atomic E-state index is 12.0. The summed E-state index contributed by atoms with van der Waals surface area (Å²) in [5.41, 5.74) is 8.16. The van der Waals surface area contributed by atoms with E-state index in [1.807, 2.05) is 26.0 Å². The van der Waals surface area contributed by atoms with Crippen LogP contribution in [0.2, 0.25) is 5.02 Å². The van der Waals surface area contributed by atoms with Crippen LogP contribution in [-0.2, 0) is 7.05 Å². The molecule has 0 fully saturated rings. The molecule has 0 unspecified atom stereocenters. The zero-order chi connectivity index (χ0) is 12.7. The monoisotopic (exact) mass is 251 g/mol. The van der Waals surface area contributed by atoms with Gasteiger partial charge in [0.15, 0.2) is 0 Å². The average molecular weight is 252 g/mol. The highest BCUT2D eigenvalue weighted by atomic mass is 35.5. The molecule has 0 aliphatic carbocycles. The van der Waals surface area contributed by atoms with E-state index in [-0.39, 0.29) is 11.2 Å². The Morgan fingerprint density at radius 3 is 2.47 bits per heavy atom. The molecule has 2 N–H and O–H groups in total. The van der Waals surface area contributed by atoms with Gasteiger partial charge in [-0.15, -0.1) is 0 Å². The molecule has 17 heavy (non-hydrogen) atoms. The van der Waals surface area contributed by atoms with Crippen molar-refractivity contribution in [1.82, 2.24) is 9.36 Å². The average Bonchev–Trinajstić information content (AvgIpc) is 2.49. The van der Waals surface area contributed by atoms with Gasteiger partial charge in [0.05, 0.1) is 11.4 Å². The predicted octanol–water partition coefficient (Wildman–Crippen LogP) is 2.03. The van der Waals surface area contributed by atoms with Crippen molar-refractivity contribution in [3.63, 3.8) is 0 Å². The number of nitrogens with zero attached hydrogens (tertiary/aromatic N) is 2. The second-order valence-corrected chi connectivity index (χ2v) is 4.43. The lowest BCUT2D eigenvalue weighted by atomic mass is 10.2. The van der Waals surface area contributed by atoms with E-state index >= 15 is 0 Å². The van der Waals surface area contributed by atoms with E-state index in [0.29, 0.717) is 5.02 Å². The number of benzene rings is 1. The minimum Gasteiger partial charge on any atom is -0.393 e. The van der Waals surface area contributed by atoms with E-state index < -0.39 is 0 Å². The fraction of sp³-hybridized carbons (Fsp3) is 0.250. The van der Waals surface area contributed by atoms with Crippen LogP contribution < -0.4 is 11.3 Å². The number of nitrogen functional groups attached to an aromatic ring is 1. The van der Waals surface area contributed by atoms with Crippen LogP contribution in [0.15, 0.2) is 23.0 Å². The van der Waals surface area contributed by atoms with Crippen LogP contribution in [0.1, 0.15) is 11.3 Å². The molecule has 0 saturated heterocycles. The van der Waals surface area contributed by atoms with Crippen LogP contribution in [0.25, 0.3) is 5.69 Å². The number of halogens is 1. The summed E-state index contributed by atoms with van der Waals surface area (Å²) in [4.78, 5) is 12.0. The number of rotatable bonds is 1. The smallest absolute Gasteiger partial charge is 0.294 e. The molecule has 1 aromatic heterocycles. The first-order chi connectivity index (χ1) is 7.95. The molecule has 0 amide bonds. The van der Waals surface area contributed by atoms with Gasteiger partial charge in [0.1, 0.15) is 5.69 Å². The van der Waals surface area contributed by atoms with E-state index in [2.05, 4.69) is 0 Å². The molecule has 90 valence electrons. The minimum atomic E-state index is -0.213. The first kappa shape index (κ1) is 11.8. The lowest BCUT2D eigenvalue weighted by Crippen LogP contribution is -2.21. The van der Waals surface area contributed by atoms with Crippen LogP contribution in [0, 0.1) is 13.8 Å². The van der Waals surface area contributed by atoms with Crippen molar-refractivity contribution >= 4 is 17.3 Å². The van der Waals surface area contributed by atoms with Crippen molar-refractivity contribution < 1.29 is 0 Å². The maximum Gasteiger partial charge on any atom is 0.294 e. The molecule has 0 aliphatic rings. The summed E-state index contributed by atoms with van der Waals surface area (Å²) in [6.45, 7) is 3.69. The molecular weight excluding hydrogens is 238 g/mol. The van der Waals surface area contributed by atoms with Gasteiger partial charge < -0.3 is 5.73 Å². The van der Waals surface area contributed by atoms with Crippen molar-refractivity contribution in [2.75, 3.05) is 5.73 Å². The third-order valence-corrected chi connectivity index (χ3v) is 3.47. The molecule has 0 aliphatic heterocycles. The Kier molecular flexibility index (Phi) is 2.75. The van der Waals surface area contributed by atoms with Gasteiger partial charge in [-0.25, -0.2) is 4.68 Å². The number of aromatic nitrogens is 2. The molecule has 0 saturated carbocycles. The van der Waals surface area contributed by atoms with Gasteiger partial charge in [0.2, 0.25) is 0 Å². The summed E-state index contributed by atoms with van der Waals surface area (Å²) >= 11 is 6.06. The summed E-state index contributed by atoms with van der Waals surface area (Å²) in [6, 6.07) is 5.46. The first-order valence-corrected chi connectivity index (χ1v) is 5.62. The van der Waals surface area contributed by atoms with Gasteiger partial charge in [-0.2, -0.15) is 0 Å². The van der Waals surface area contributed by atoms with Crippen LogP contribution >= 0.6 is 11.6 Å². The highest BCUT2D eigenvalue weighted by molar-refractivity contribution is 6.31. The zero-order valence-corrected chi connectivity index (χ0v) is 10.7. The van der Waals surface area contributed by atoms with Crippen LogP contribution in [-0.4, -0.2) is 9.36 Å². The molecule has 0 spiro atoms. The predicted molar refractivity (Wildman–Crippen MR) is 69.9 cm³/mol. The van der Waals surface area contributed by atoms with Crippen molar-refractivity contribution in [2.45, 2.75) is 13.8 Å². The molecule has 4 nitrogen and oxygen atoms in total. The number of hydrogen-bond donors (Lipinski definition) is 1. The second kappa shape index (κ2) is 3.96. The Bertz CT molecular complexity index is 640. The Morgan fingerprint density at radius 2 is 1.94 bits per heavy atom. The highest BCUT2D eigenvalue weighted by Crippen LogP contribution is 2.22. The van der Waals surface area contributed by atoms with Crippen LogP contribution in [0.5, 0.6) is 0 Å². The van der Waals surface area contributed by atoms with Crippen molar-refractivity contribution in [2.24, 2.45) is 7.05 Å². The standard InChI is InChI=1S/C12H14ClN3O/c1-7-9(13)5-4-6-10(7)16-12(17)11(14)8(2)15(16)3/h4-6H,14H2,1-3H3. The Morgan fingerprint density at radius 1 is 1.29 bits per heavy atom. The lowest BCUT2D eigenvalue weighted by Gasteiger charge is -2.11. The van der Waals surface area contributed by atoms with Crippen LogP contribution in [0.4, 0.5) is 5.69 Å². The number of nitrogens with two attached hydrogens (primary N) is 1. The third-order valence-electron chi connectivity index (χ3n) is 3.07. The molecule has 2 aromatic rings. The number of anilines is 1. The quantitative estimate of drug-likeness (QED) is 0.843. The summed E-state index contributed by atoms with van der Waals surface area (Å²) < 4.78 is 3.27. The highest BCUT2D eigenvalue weighted by Gasteiger charge is 2.15. The van der Waals surface area contributed by atoms with Gasteiger partial charge in [-0.1, -0.05) is 17.7 Å². The summed E-state index contributed by atoms with van der Waals surface area (Å²) in [5.74, 6) is 0. The topological polar surface area (TPSA) is 52.9 Å². The summed E-state index contributed by atoms with van der Waals surface area (Å²) in [7, 11) is 1.80. The van der Waals surface area contributed by atoms with E-state index in [9.17, 15) is 4.79 Å². The largest absolute Gasteiger partial charge is 0.393 e. The van der Waals surface area contributed by atoms with Gasteiger partial charge in [-0.3, -0.25) is 9.48 Å². The molecule has 1 heterocycles. The maximum absolute atomic E-state index is 12.0. The van der Waals surface area contributed by atoms with E-state index in [1.165, 1.54) is 4.68 Å². The van der Waals surface area contributed by atoms with Crippen molar-refractivity contribution in [3.05, 3.63) is 44.8 Å². The molecule has 2 rings (SSSR count). The normalized spacial score (nSPS) is 10.8. The lowest BCUT2D eigenvalue weighted by molar-refractivity contribution is 0.628. The van der Waals surface area contributed by atoms with E-state index in [1.54, 1.807) is 17.8 Å². The van der Waals surface area contributed by atoms with Crippen molar-refractivity contribution in [3.8, 4) is 5.69 Å². The van der Waals surface area contributed by atoms with Gasteiger partial charge in [-0.05, 0) is 31.5 Å².